The molecule has 1 aliphatic rings. The monoisotopic (exact) mass is 228 g/mol. The van der Waals surface area contributed by atoms with E-state index in [9.17, 15) is 5.26 Å². The summed E-state index contributed by atoms with van der Waals surface area (Å²) in [6.45, 7) is 8.76. The molecule has 0 unspecified atom stereocenters. The molecule has 0 amide bonds. The van der Waals surface area contributed by atoms with Crippen LogP contribution in [0.2, 0.25) is 0 Å². The molecule has 90 valence electrons. The van der Waals surface area contributed by atoms with Gasteiger partial charge in [-0.25, -0.2) is 0 Å². The molecular formula is C15H20N2. The molecule has 2 rings (SSSR count). The molecule has 0 aliphatic carbocycles. The molecule has 0 radical (unpaired) electrons. The Morgan fingerprint density at radius 2 is 2.12 bits per heavy atom. The molecule has 0 aromatic heterocycles. The van der Waals surface area contributed by atoms with Crippen LogP contribution in [0.25, 0.3) is 0 Å². The number of benzene rings is 1. The molecule has 1 fully saturated rings. The van der Waals surface area contributed by atoms with Crippen LogP contribution >= 0.6 is 0 Å². The Bertz CT molecular complexity index is 454. The molecule has 1 aliphatic heterocycles. The largest absolute Gasteiger partial charge is 0.370 e. The third kappa shape index (κ3) is 2.61. The molecule has 2 heteroatoms. The van der Waals surface area contributed by atoms with Gasteiger partial charge in [0.05, 0.1) is 11.3 Å². The summed E-state index contributed by atoms with van der Waals surface area (Å²) >= 11 is 0. The molecule has 0 bridgehead atoms. The quantitative estimate of drug-likeness (QED) is 0.735. The van der Waals surface area contributed by atoms with E-state index in [0.29, 0.717) is 5.41 Å². The summed E-state index contributed by atoms with van der Waals surface area (Å²) < 4.78 is 0. The van der Waals surface area contributed by atoms with Gasteiger partial charge in [-0.1, -0.05) is 19.9 Å². The first kappa shape index (κ1) is 12.0. The van der Waals surface area contributed by atoms with E-state index in [1.165, 1.54) is 12.8 Å². The summed E-state index contributed by atoms with van der Waals surface area (Å²) in [4.78, 5) is 2.36. The lowest BCUT2D eigenvalue weighted by atomic mass is 9.84. The topological polar surface area (TPSA) is 27.0 Å². The maximum absolute atomic E-state index is 9.23. The minimum Gasteiger partial charge on any atom is -0.370 e. The second-order valence-electron chi connectivity index (χ2n) is 5.82. The van der Waals surface area contributed by atoms with Gasteiger partial charge in [0.1, 0.15) is 6.07 Å². The number of nitrogens with zero attached hydrogens (tertiary/aromatic N) is 2. The van der Waals surface area contributed by atoms with Gasteiger partial charge in [0, 0.05) is 13.1 Å². The number of piperidine rings is 1. The van der Waals surface area contributed by atoms with Crippen molar-refractivity contribution in [3.05, 3.63) is 29.3 Å². The Kier molecular flexibility index (Phi) is 3.11. The SMILES string of the molecule is Cc1ccc(N2CCCC(C)(C)C2)c(C#N)c1. The molecule has 0 N–H and O–H groups in total. The minimum absolute atomic E-state index is 0.357. The number of nitriles is 1. The third-order valence-corrected chi connectivity index (χ3v) is 3.51. The van der Waals surface area contributed by atoms with Crippen LogP contribution in [0.15, 0.2) is 18.2 Å². The smallest absolute Gasteiger partial charge is 0.101 e. The summed E-state index contributed by atoms with van der Waals surface area (Å²) in [6.07, 6.45) is 2.49. The van der Waals surface area contributed by atoms with Gasteiger partial charge in [-0.3, -0.25) is 0 Å². The molecule has 0 saturated carbocycles. The molecule has 1 heterocycles. The van der Waals surface area contributed by atoms with Gasteiger partial charge in [0.15, 0.2) is 0 Å². The van der Waals surface area contributed by atoms with Gasteiger partial charge in [0.25, 0.3) is 0 Å². The van der Waals surface area contributed by atoms with E-state index in [-0.39, 0.29) is 0 Å². The highest BCUT2D eigenvalue weighted by atomic mass is 15.1. The third-order valence-electron chi connectivity index (χ3n) is 3.51. The molecular weight excluding hydrogens is 208 g/mol. The second-order valence-corrected chi connectivity index (χ2v) is 5.82. The molecule has 2 nitrogen and oxygen atoms in total. The van der Waals surface area contributed by atoms with Gasteiger partial charge in [-0.2, -0.15) is 5.26 Å². The first-order chi connectivity index (χ1) is 8.02. The van der Waals surface area contributed by atoms with Gasteiger partial charge >= 0.3 is 0 Å². The first-order valence-corrected chi connectivity index (χ1v) is 6.27. The van der Waals surface area contributed by atoms with E-state index in [1.807, 2.05) is 13.0 Å². The zero-order valence-electron chi connectivity index (χ0n) is 11.0. The van der Waals surface area contributed by atoms with Crippen molar-refractivity contribution in [2.45, 2.75) is 33.6 Å². The van der Waals surface area contributed by atoms with E-state index in [4.69, 9.17) is 0 Å². The van der Waals surface area contributed by atoms with Gasteiger partial charge in [-0.15, -0.1) is 0 Å². The molecule has 1 saturated heterocycles. The van der Waals surface area contributed by atoms with Crippen molar-refractivity contribution in [2.24, 2.45) is 5.41 Å². The summed E-state index contributed by atoms with van der Waals surface area (Å²) in [7, 11) is 0. The summed E-state index contributed by atoms with van der Waals surface area (Å²) in [5.74, 6) is 0. The zero-order valence-corrected chi connectivity index (χ0v) is 11.0. The van der Waals surface area contributed by atoms with Gasteiger partial charge in [-0.05, 0) is 42.9 Å². The van der Waals surface area contributed by atoms with Crippen LogP contribution < -0.4 is 4.90 Å². The maximum Gasteiger partial charge on any atom is 0.101 e. The lowest BCUT2D eigenvalue weighted by Crippen LogP contribution is -2.40. The van der Waals surface area contributed by atoms with E-state index in [1.54, 1.807) is 0 Å². The number of anilines is 1. The first-order valence-electron chi connectivity index (χ1n) is 6.27. The van der Waals surface area contributed by atoms with Crippen LogP contribution in [-0.4, -0.2) is 13.1 Å². The van der Waals surface area contributed by atoms with Crippen molar-refractivity contribution in [3.8, 4) is 6.07 Å². The fourth-order valence-electron chi connectivity index (χ4n) is 2.64. The van der Waals surface area contributed by atoms with Crippen molar-refractivity contribution in [1.29, 1.82) is 5.26 Å². The summed E-state index contributed by atoms with van der Waals surface area (Å²) in [5, 5.41) is 9.23. The Morgan fingerprint density at radius 1 is 1.35 bits per heavy atom. The molecule has 0 atom stereocenters. The normalized spacial score (nSPS) is 18.8. The molecule has 17 heavy (non-hydrogen) atoms. The van der Waals surface area contributed by atoms with E-state index in [2.05, 4.69) is 36.9 Å². The van der Waals surface area contributed by atoms with Crippen LogP contribution in [0.3, 0.4) is 0 Å². The van der Waals surface area contributed by atoms with E-state index < -0.39 is 0 Å². The van der Waals surface area contributed by atoms with Crippen molar-refractivity contribution in [2.75, 3.05) is 18.0 Å². The standard InChI is InChI=1S/C15H20N2/c1-12-5-6-14(13(9-12)10-16)17-8-4-7-15(2,3)11-17/h5-6,9H,4,7-8,11H2,1-3H3. The average Bonchev–Trinajstić information content (AvgIpc) is 2.27. The Hall–Kier alpha value is -1.49. The number of hydrogen-bond donors (Lipinski definition) is 0. The fraction of sp³-hybridized carbons (Fsp3) is 0.533. The van der Waals surface area contributed by atoms with Crippen molar-refractivity contribution in [3.63, 3.8) is 0 Å². The van der Waals surface area contributed by atoms with Gasteiger partial charge in [0.2, 0.25) is 0 Å². The lowest BCUT2D eigenvalue weighted by molar-refractivity contribution is 0.293. The summed E-state index contributed by atoms with van der Waals surface area (Å²) in [5.41, 5.74) is 3.42. The average molecular weight is 228 g/mol. The summed E-state index contributed by atoms with van der Waals surface area (Å²) in [6, 6.07) is 8.49. The molecule has 0 spiro atoms. The zero-order chi connectivity index (χ0) is 12.5. The predicted octanol–water partition coefficient (Wildman–Crippen LogP) is 3.49. The molecule has 1 aromatic carbocycles. The lowest BCUT2D eigenvalue weighted by Gasteiger charge is -2.39. The molecule has 1 aromatic rings. The van der Waals surface area contributed by atoms with Crippen LogP contribution in [0.1, 0.15) is 37.8 Å². The van der Waals surface area contributed by atoms with Crippen LogP contribution in [0, 0.1) is 23.7 Å². The van der Waals surface area contributed by atoms with E-state index in [0.717, 1.165) is 29.9 Å². The number of hydrogen-bond acceptors (Lipinski definition) is 2. The Balaban J connectivity index is 2.31. The highest BCUT2D eigenvalue weighted by Gasteiger charge is 2.27. The van der Waals surface area contributed by atoms with Crippen molar-refractivity contribution >= 4 is 5.69 Å². The highest BCUT2D eigenvalue weighted by molar-refractivity contribution is 5.60. The van der Waals surface area contributed by atoms with Crippen LogP contribution in [0.4, 0.5) is 5.69 Å². The van der Waals surface area contributed by atoms with Crippen LogP contribution in [-0.2, 0) is 0 Å². The van der Waals surface area contributed by atoms with E-state index >= 15 is 0 Å². The fourth-order valence-corrected chi connectivity index (χ4v) is 2.64. The van der Waals surface area contributed by atoms with Gasteiger partial charge < -0.3 is 4.90 Å². The Labute approximate surface area is 104 Å². The minimum atomic E-state index is 0.357. The van der Waals surface area contributed by atoms with Crippen LogP contribution in [0.5, 0.6) is 0 Å². The number of aryl methyl sites for hydroxylation is 1. The maximum atomic E-state index is 9.23. The van der Waals surface area contributed by atoms with Crippen molar-refractivity contribution in [1.82, 2.24) is 0 Å². The second kappa shape index (κ2) is 4.41. The Morgan fingerprint density at radius 3 is 2.76 bits per heavy atom. The highest BCUT2D eigenvalue weighted by Crippen LogP contribution is 2.33. The van der Waals surface area contributed by atoms with Crippen molar-refractivity contribution < 1.29 is 0 Å². The number of rotatable bonds is 1. The predicted molar refractivity (Wildman–Crippen MR) is 71.1 cm³/mol.